The van der Waals surface area contributed by atoms with Crippen molar-refractivity contribution in [2.24, 2.45) is 5.73 Å². The molecule has 1 aromatic rings. The predicted octanol–water partition coefficient (Wildman–Crippen LogP) is 2.29. The van der Waals surface area contributed by atoms with E-state index in [4.69, 9.17) is 5.73 Å². The monoisotopic (exact) mass is 360 g/mol. The maximum atomic E-state index is 12.3. The Morgan fingerprint density at radius 2 is 1.74 bits per heavy atom. The molecule has 130 valence electrons. The van der Waals surface area contributed by atoms with Crippen LogP contribution < -0.4 is 11.1 Å². The minimum absolute atomic E-state index is 0. The van der Waals surface area contributed by atoms with E-state index < -0.39 is 15.1 Å². The molecule has 3 N–H and O–H groups in total. The summed E-state index contributed by atoms with van der Waals surface area (Å²) in [4.78, 5) is 12.6. The minimum atomic E-state index is -3.31. The third-order valence-corrected chi connectivity index (χ3v) is 6.57. The summed E-state index contributed by atoms with van der Waals surface area (Å²) in [6.07, 6.45) is 3.94. The fourth-order valence-corrected chi connectivity index (χ4v) is 3.87. The average Bonchev–Trinajstić information content (AvgIpc) is 2.96. The number of nitrogens with two attached hydrogens (primary N) is 1. The second kappa shape index (κ2) is 7.64. The predicted molar refractivity (Wildman–Crippen MR) is 93.7 cm³/mol. The molecule has 0 unspecified atom stereocenters. The van der Waals surface area contributed by atoms with Gasteiger partial charge >= 0.3 is 0 Å². The van der Waals surface area contributed by atoms with E-state index in [0.717, 1.165) is 25.7 Å². The van der Waals surface area contributed by atoms with E-state index in [1.54, 1.807) is 26.0 Å². The van der Waals surface area contributed by atoms with Crippen molar-refractivity contribution in [2.45, 2.75) is 55.2 Å². The lowest BCUT2D eigenvalue weighted by molar-refractivity contribution is 0.0903. The summed E-state index contributed by atoms with van der Waals surface area (Å²) in [5.41, 5.74) is 5.97. The molecule has 1 fully saturated rings. The van der Waals surface area contributed by atoms with E-state index in [0.29, 0.717) is 12.1 Å². The molecule has 2 rings (SSSR count). The zero-order valence-corrected chi connectivity index (χ0v) is 15.2. The van der Waals surface area contributed by atoms with Gasteiger partial charge in [0.15, 0.2) is 9.84 Å². The maximum Gasteiger partial charge on any atom is 0.251 e. The quantitative estimate of drug-likeness (QED) is 0.843. The molecule has 1 aliphatic rings. The number of halogens is 1. The van der Waals surface area contributed by atoms with Crippen LogP contribution in [0.3, 0.4) is 0 Å². The van der Waals surface area contributed by atoms with Gasteiger partial charge in [-0.1, -0.05) is 12.8 Å². The lowest BCUT2D eigenvalue weighted by Crippen LogP contribution is -2.51. The Bertz CT molecular complexity index is 636. The van der Waals surface area contributed by atoms with E-state index in [-0.39, 0.29) is 28.7 Å². The highest BCUT2D eigenvalue weighted by molar-refractivity contribution is 7.92. The molecule has 0 radical (unpaired) electrons. The number of carbonyl (C=O) groups excluding carboxylic acids is 1. The van der Waals surface area contributed by atoms with Crippen LogP contribution in [0.4, 0.5) is 0 Å². The van der Waals surface area contributed by atoms with Gasteiger partial charge in [-0.05, 0) is 51.0 Å². The molecule has 5 nitrogen and oxygen atoms in total. The van der Waals surface area contributed by atoms with Crippen molar-refractivity contribution in [3.8, 4) is 0 Å². The fraction of sp³-hybridized carbons (Fsp3) is 0.562. The molecule has 0 atom stereocenters. The van der Waals surface area contributed by atoms with Crippen molar-refractivity contribution >= 4 is 28.2 Å². The number of hydrogen-bond acceptors (Lipinski definition) is 4. The van der Waals surface area contributed by atoms with Crippen LogP contribution in [0.25, 0.3) is 0 Å². The first-order valence-corrected chi connectivity index (χ1v) is 9.22. The van der Waals surface area contributed by atoms with Gasteiger partial charge in [-0.25, -0.2) is 8.42 Å². The molecule has 1 aromatic carbocycles. The molecule has 0 aliphatic heterocycles. The molecule has 23 heavy (non-hydrogen) atoms. The summed E-state index contributed by atoms with van der Waals surface area (Å²) >= 11 is 0. The summed E-state index contributed by atoms with van der Waals surface area (Å²) in [7, 11) is -3.31. The van der Waals surface area contributed by atoms with Crippen LogP contribution in [-0.4, -0.2) is 31.7 Å². The van der Waals surface area contributed by atoms with Crippen molar-refractivity contribution in [3.63, 3.8) is 0 Å². The molecule has 0 heterocycles. The molecule has 1 amide bonds. The minimum Gasteiger partial charge on any atom is -0.345 e. The second-order valence-electron chi connectivity index (χ2n) is 6.26. The van der Waals surface area contributed by atoms with Gasteiger partial charge in [-0.2, -0.15) is 0 Å². The number of benzene rings is 1. The number of rotatable bonds is 5. The number of nitrogens with one attached hydrogen (secondary N) is 1. The third-order valence-electron chi connectivity index (χ3n) is 4.40. The molecule has 0 bridgehead atoms. The van der Waals surface area contributed by atoms with Gasteiger partial charge in [0.1, 0.15) is 0 Å². The lowest BCUT2D eigenvalue weighted by Gasteiger charge is -2.28. The van der Waals surface area contributed by atoms with Crippen LogP contribution in [0.2, 0.25) is 0 Å². The maximum absolute atomic E-state index is 12.3. The standard InChI is InChI=1S/C16H24N2O3S.ClH/c1-12(2)22(20,21)14-7-5-13(6-8-14)15(19)18-16(11-17)9-3-4-10-16;/h5-8,12H,3-4,9-11,17H2,1-2H3,(H,18,19);1H. The highest BCUT2D eigenvalue weighted by Gasteiger charge is 2.34. The van der Waals surface area contributed by atoms with Gasteiger partial charge in [0.2, 0.25) is 0 Å². The summed E-state index contributed by atoms with van der Waals surface area (Å²) in [6.45, 7) is 3.71. The highest BCUT2D eigenvalue weighted by atomic mass is 35.5. The van der Waals surface area contributed by atoms with Crippen molar-refractivity contribution in [3.05, 3.63) is 29.8 Å². The molecule has 0 aromatic heterocycles. The first kappa shape index (κ1) is 19.9. The first-order valence-electron chi connectivity index (χ1n) is 7.67. The zero-order valence-electron chi connectivity index (χ0n) is 13.5. The van der Waals surface area contributed by atoms with E-state index in [1.807, 2.05) is 0 Å². The highest BCUT2D eigenvalue weighted by Crippen LogP contribution is 2.29. The molecule has 0 spiro atoms. The topological polar surface area (TPSA) is 89.3 Å². The van der Waals surface area contributed by atoms with E-state index >= 15 is 0 Å². The van der Waals surface area contributed by atoms with Crippen LogP contribution in [0, 0.1) is 0 Å². The molecule has 7 heteroatoms. The molecular formula is C16H25ClN2O3S. The van der Waals surface area contributed by atoms with Gasteiger partial charge < -0.3 is 11.1 Å². The van der Waals surface area contributed by atoms with Gasteiger partial charge in [-0.3, -0.25) is 4.79 Å². The average molecular weight is 361 g/mol. The van der Waals surface area contributed by atoms with Crippen LogP contribution in [0.5, 0.6) is 0 Å². The summed E-state index contributed by atoms with van der Waals surface area (Å²) in [5, 5.41) is 2.55. The zero-order chi connectivity index (χ0) is 16.4. The van der Waals surface area contributed by atoms with Crippen LogP contribution >= 0.6 is 12.4 Å². The smallest absolute Gasteiger partial charge is 0.251 e. The molecule has 1 aliphatic carbocycles. The van der Waals surface area contributed by atoms with Crippen LogP contribution in [0.1, 0.15) is 49.9 Å². The Morgan fingerprint density at radius 1 is 1.22 bits per heavy atom. The van der Waals surface area contributed by atoms with Crippen molar-refractivity contribution in [2.75, 3.05) is 6.54 Å². The first-order chi connectivity index (χ1) is 10.3. The van der Waals surface area contributed by atoms with Gasteiger partial charge in [0.25, 0.3) is 5.91 Å². The fourth-order valence-electron chi connectivity index (χ4n) is 2.81. The lowest BCUT2D eigenvalue weighted by atomic mass is 9.97. The van der Waals surface area contributed by atoms with E-state index in [2.05, 4.69) is 5.32 Å². The summed E-state index contributed by atoms with van der Waals surface area (Å²) in [6, 6.07) is 6.11. The SMILES string of the molecule is CC(C)S(=O)(=O)c1ccc(C(=O)NC2(CN)CCCC2)cc1.Cl. The number of hydrogen-bond donors (Lipinski definition) is 2. The number of amides is 1. The molecule has 1 saturated carbocycles. The molecule has 0 saturated heterocycles. The Balaban J connectivity index is 0.00000264. The molecular weight excluding hydrogens is 336 g/mol. The van der Waals surface area contributed by atoms with Crippen molar-refractivity contribution < 1.29 is 13.2 Å². The van der Waals surface area contributed by atoms with Gasteiger partial charge in [0, 0.05) is 12.1 Å². The largest absolute Gasteiger partial charge is 0.345 e. The number of sulfone groups is 1. The van der Waals surface area contributed by atoms with Gasteiger partial charge in [0.05, 0.1) is 15.7 Å². The van der Waals surface area contributed by atoms with Crippen molar-refractivity contribution in [1.82, 2.24) is 5.32 Å². The van der Waals surface area contributed by atoms with E-state index in [9.17, 15) is 13.2 Å². The van der Waals surface area contributed by atoms with Gasteiger partial charge in [-0.15, -0.1) is 12.4 Å². The Morgan fingerprint density at radius 3 is 2.17 bits per heavy atom. The Hall–Kier alpha value is -1.11. The Labute approximate surface area is 144 Å². The second-order valence-corrected chi connectivity index (χ2v) is 8.77. The normalized spacial score (nSPS) is 16.9. The number of carbonyl (C=O) groups is 1. The van der Waals surface area contributed by atoms with E-state index in [1.165, 1.54) is 12.1 Å². The van der Waals surface area contributed by atoms with Crippen LogP contribution in [-0.2, 0) is 9.84 Å². The van der Waals surface area contributed by atoms with Crippen LogP contribution in [0.15, 0.2) is 29.2 Å². The summed E-state index contributed by atoms with van der Waals surface area (Å²) < 4.78 is 24.1. The Kier molecular flexibility index (Phi) is 6.62. The van der Waals surface area contributed by atoms with Crippen molar-refractivity contribution in [1.29, 1.82) is 0 Å². The summed E-state index contributed by atoms with van der Waals surface area (Å²) in [5.74, 6) is -0.194. The third kappa shape index (κ3) is 4.25.